The first-order valence-electron chi connectivity index (χ1n) is 7.38. The summed E-state index contributed by atoms with van der Waals surface area (Å²) in [6.07, 6.45) is -4.53. The molecule has 130 valence electrons. The van der Waals surface area contributed by atoms with Gasteiger partial charge in [0.1, 0.15) is 5.82 Å². The first-order chi connectivity index (χ1) is 11.9. The average molecular weight is 348 g/mol. The van der Waals surface area contributed by atoms with E-state index < -0.39 is 11.7 Å². The molecule has 0 radical (unpaired) electrons. The maximum atomic E-state index is 13.5. The summed E-state index contributed by atoms with van der Waals surface area (Å²) in [5.74, 6) is 0.622. The number of hydrogen-bond donors (Lipinski definition) is 1. The molecule has 0 unspecified atom stereocenters. The van der Waals surface area contributed by atoms with Gasteiger partial charge in [0.2, 0.25) is 0 Å². The summed E-state index contributed by atoms with van der Waals surface area (Å²) in [5.41, 5.74) is 0.00532. The number of benzene rings is 2. The number of ether oxygens (including phenoxy) is 2. The molecule has 3 aromatic rings. The fourth-order valence-corrected chi connectivity index (χ4v) is 2.52. The Morgan fingerprint density at radius 1 is 0.920 bits per heavy atom. The van der Waals surface area contributed by atoms with Crippen molar-refractivity contribution >= 4 is 22.4 Å². The Morgan fingerprint density at radius 2 is 1.56 bits per heavy atom. The summed E-state index contributed by atoms with van der Waals surface area (Å²) in [6.45, 7) is 0. The highest BCUT2D eigenvalue weighted by Gasteiger charge is 2.34. The van der Waals surface area contributed by atoms with E-state index in [0.29, 0.717) is 11.4 Å². The zero-order valence-electron chi connectivity index (χ0n) is 13.5. The van der Waals surface area contributed by atoms with Crippen LogP contribution in [0, 0.1) is 0 Å². The van der Waals surface area contributed by atoms with E-state index in [9.17, 15) is 13.2 Å². The molecule has 4 nitrogen and oxygen atoms in total. The van der Waals surface area contributed by atoms with Crippen molar-refractivity contribution in [3.63, 3.8) is 0 Å². The summed E-state index contributed by atoms with van der Waals surface area (Å²) in [6, 6.07) is 12.6. The number of methoxy groups -OCH3 is 2. The Morgan fingerprint density at radius 3 is 2.16 bits per heavy atom. The molecule has 0 atom stereocenters. The Bertz CT molecular complexity index is 896. The van der Waals surface area contributed by atoms with Crippen LogP contribution in [0.2, 0.25) is 0 Å². The molecule has 2 aromatic carbocycles. The number of rotatable bonds is 4. The second-order valence-electron chi connectivity index (χ2n) is 5.27. The van der Waals surface area contributed by atoms with Crippen molar-refractivity contribution in [2.45, 2.75) is 6.18 Å². The third-order valence-electron chi connectivity index (χ3n) is 3.67. The minimum absolute atomic E-state index is 0.0521. The van der Waals surface area contributed by atoms with Crippen LogP contribution in [0.5, 0.6) is 11.5 Å². The van der Waals surface area contributed by atoms with Gasteiger partial charge in [0.25, 0.3) is 0 Å². The highest BCUT2D eigenvalue weighted by atomic mass is 19.4. The molecule has 0 amide bonds. The Labute approximate surface area is 142 Å². The fraction of sp³-hybridized carbons (Fsp3) is 0.167. The Hall–Kier alpha value is -2.96. The van der Waals surface area contributed by atoms with E-state index in [-0.39, 0.29) is 22.5 Å². The number of alkyl halides is 3. The zero-order chi connectivity index (χ0) is 18.0. The predicted octanol–water partition coefficient (Wildman–Crippen LogP) is 5.01. The highest BCUT2D eigenvalue weighted by Crippen LogP contribution is 2.40. The molecule has 0 saturated heterocycles. The molecule has 0 aliphatic heterocycles. The maximum absolute atomic E-state index is 13.5. The van der Waals surface area contributed by atoms with E-state index in [1.54, 1.807) is 24.3 Å². The van der Waals surface area contributed by atoms with Crippen LogP contribution in [0.1, 0.15) is 5.56 Å². The van der Waals surface area contributed by atoms with Gasteiger partial charge in [-0.2, -0.15) is 13.2 Å². The average Bonchev–Trinajstić information content (AvgIpc) is 2.60. The summed E-state index contributed by atoms with van der Waals surface area (Å²) < 4.78 is 50.8. The Balaban J connectivity index is 2.20. The lowest BCUT2D eigenvalue weighted by Gasteiger charge is -2.15. The van der Waals surface area contributed by atoms with E-state index in [2.05, 4.69) is 10.3 Å². The number of hydrogen-bond acceptors (Lipinski definition) is 4. The van der Waals surface area contributed by atoms with Crippen LogP contribution in [0.3, 0.4) is 0 Å². The van der Waals surface area contributed by atoms with E-state index in [1.807, 2.05) is 6.07 Å². The standard InChI is InChI=1S/C18H15F3N2O2/c1-24-15-8-12-13(18(19,20)21)9-17(22-11-6-4-3-5-7-11)23-14(12)10-16(15)25-2/h3-10H,1-2H3,(H,22,23). The molecule has 0 bridgehead atoms. The summed E-state index contributed by atoms with van der Waals surface area (Å²) >= 11 is 0. The van der Waals surface area contributed by atoms with Gasteiger partial charge in [-0.05, 0) is 24.3 Å². The molecule has 1 aromatic heterocycles. The van der Waals surface area contributed by atoms with Crippen LogP contribution < -0.4 is 14.8 Å². The number of anilines is 2. The van der Waals surface area contributed by atoms with Gasteiger partial charge < -0.3 is 14.8 Å². The van der Waals surface area contributed by atoms with Gasteiger partial charge >= 0.3 is 6.18 Å². The number of aromatic nitrogens is 1. The van der Waals surface area contributed by atoms with E-state index >= 15 is 0 Å². The second kappa shape index (κ2) is 6.51. The van der Waals surface area contributed by atoms with Gasteiger partial charge in [-0.15, -0.1) is 0 Å². The van der Waals surface area contributed by atoms with Gasteiger partial charge in [-0.1, -0.05) is 18.2 Å². The number of pyridine rings is 1. The molecule has 0 fully saturated rings. The molecule has 0 spiro atoms. The summed E-state index contributed by atoms with van der Waals surface area (Å²) in [5, 5.41) is 2.84. The minimum Gasteiger partial charge on any atom is -0.493 e. The first-order valence-corrected chi connectivity index (χ1v) is 7.38. The van der Waals surface area contributed by atoms with Gasteiger partial charge in [-0.3, -0.25) is 0 Å². The van der Waals surface area contributed by atoms with Gasteiger partial charge in [0.15, 0.2) is 11.5 Å². The van der Waals surface area contributed by atoms with Gasteiger partial charge in [0.05, 0.1) is 25.3 Å². The smallest absolute Gasteiger partial charge is 0.417 e. The SMILES string of the molecule is COc1cc2nc(Nc3ccccc3)cc(C(F)(F)F)c2cc1OC. The molecule has 1 N–H and O–H groups in total. The minimum atomic E-state index is -4.53. The Kier molecular flexibility index (Phi) is 4.39. The van der Waals surface area contributed by atoms with Crippen molar-refractivity contribution < 1.29 is 22.6 Å². The third kappa shape index (κ3) is 3.45. The zero-order valence-corrected chi connectivity index (χ0v) is 13.5. The lowest BCUT2D eigenvalue weighted by molar-refractivity contribution is -0.136. The maximum Gasteiger partial charge on any atom is 0.417 e. The van der Waals surface area contributed by atoms with Crippen LogP contribution in [-0.4, -0.2) is 19.2 Å². The first kappa shape index (κ1) is 16.9. The number of halogens is 3. The van der Waals surface area contributed by atoms with Crippen LogP contribution in [0.4, 0.5) is 24.7 Å². The van der Waals surface area contributed by atoms with Crippen molar-refractivity contribution in [2.75, 3.05) is 19.5 Å². The molecule has 0 aliphatic carbocycles. The largest absolute Gasteiger partial charge is 0.493 e. The predicted molar refractivity (Wildman–Crippen MR) is 89.6 cm³/mol. The monoisotopic (exact) mass is 348 g/mol. The van der Waals surface area contributed by atoms with Crippen molar-refractivity contribution in [1.82, 2.24) is 4.98 Å². The van der Waals surface area contributed by atoms with Crippen molar-refractivity contribution in [2.24, 2.45) is 0 Å². The summed E-state index contributed by atoms with van der Waals surface area (Å²) in [4.78, 5) is 4.28. The molecule has 3 rings (SSSR count). The molecular formula is C18H15F3N2O2. The number of nitrogens with one attached hydrogen (secondary N) is 1. The molecule has 0 saturated carbocycles. The van der Waals surface area contributed by atoms with Crippen LogP contribution in [0.15, 0.2) is 48.5 Å². The fourth-order valence-electron chi connectivity index (χ4n) is 2.52. The van der Waals surface area contributed by atoms with Crippen LogP contribution in [0.25, 0.3) is 10.9 Å². The quantitative estimate of drug-likeness (QED) is 0.719. The lowest BCUT2D eigenvalue weighted by Crippen LogP contribution is -2.08. The van der Waals surface area contributed by atoms with Gasteiger partial charge in [-0.25, -0.2) is 4.98 Å². The molecule has 25 heavy (non-hydrogen) atoms. The molecule has 1 heterocycles. The van der Waals surface area contributed by atoms with E-state index in [4.69, 9.17) is 9.47 Å². The molecule has 0 aliphatic rings. The lowest BCUT2D eigenvalue weighted by atomic mass is 10.1. The van der Waals surface area contributed by atoms with Gasteiger partial charge in [0, 0.05) is 17.1 Å². The topological polar surface area (TPSA) is 43.4 Å². The third-order valence-corrected chi connectivity index (χ3v) is 3.67. The van der Waals surface area contributed by atoms with E-state index in [1.165, 1.54) is 26.4 Å². The number of para-hydroxylation sites is 1. The van der Waals surface area contributed by atoms with Crippen molar-refractivity contribution in [3.8, 4) is 11.5 Å². The normalized spacial score (nSPS) is 11.4. The molecular weight excluding hydrogens is 333 g/mol. The second-order valence-corrected chi connectivity index (χ2v) is 5.27. The van der Waals surface area contributed by atoms with E-state index in [0.717, 1.165) is 6.07 Å². The van der Waals surface area contributed by atoms with Crippen LogP contribution in [-0.2, 0) is 6.18 Å². The van der Waals surface area contributed by atoms with Crippen molar-refractivity contribution in [3.05, 3.63) is 54.1 Å². The van der Waals surface area contributed by atoms with Crippen LogP contribution >= 0.6 is 0 Å². The van der Waals surface area contributed by atoms with Crippen molar-refractivity contribution in [1.29, 1.82) is 0 Å². The molecule has 7 heteroatoms. The highest BCUT2D eigenvalue weighted by molar-refractivity contribution is 5.88. The number of nitrogens with zero attached hydrogens (tertiary/aromatic N) is 1. The number of fused-ring (bicyclic) bond motifs is 1. The summed E-state index contributed by atoms with van der Waals surface area (Å²) in [7, 11) is 2.79.